The Morgan fingerprint density at radius 1 is 1.25 bits per heavy atom. The van der Waals surface area contributed by atoms with Gasteiger partial charge in [0.05, 0.1) is 0 Å². The minimum Gasteiger partial charge on any atom is -0.372 e. The lowest BCUT2D eigenvalue weighted by Gasteiger charge is -2.26. The van der Waals surface area contributed by atoms with E-state index >= 15 is 0 Å². The summed E-state index contributed by atoms with van der Waals surface area (Å²) < 4.78 is 40.5. The van der Waals surface area contributed by atoms with Gasteiger partial charge in [0.2, 0.25) is 0 Å². The van der Waals surface area contributed by atoms with Gasteiger partial charge in [0.25, 0.3) is 0 Å². The number of alkyl halides is 3. The zero-order valence-electron chi connectivity index (χ0n) is 14.3. The zero-order valence-corrected chi connectivity index (χ0v) is 16.7. The first-order valence-corrected chi connectivity index (χ1v) is 8.62. The smallest absolute Gasteiger partial charge is 0.372 e. The number of halogens is 4. The molecule has 0 radical (unpaired) electrons. The van der Waals surface area contributed by atoms with E-state index in [0.717, 1.165) is 25.6 Å². The number of nitrogens with one attached hydrogen (secondary N) is 1. The van der Waals surface area contributed by atoms with Crippen LogP contribution in [-0.2, 0) is 4.74 Å². The van der Waals surface area contributed by atoms with Crippen LogP contribution in [0.1, 0.15) is 45.4 Å². The minimum absolute atomic E-state index is 0. The molecule has 1 aliphatic heterocycles. The predicted molar refractivity (Wildman–Crippen MR) is 100.0 cm³/mol. The lowest BCUT2D eigenvalue weighted by Crippen LogP contribution is -2.41. The van der Waals surface area contributed by atoms with Crippen LogP contribution in [-0.4, -0.2) is 56.4 Å². The summed E-state index contributed by atoms with van der Waals surface area (Å²) in [4.78, 5) is 6.87. The molecule has 0 atom stereocenters. The molecule has 2 aliphatic rings. The maximum atomic E-state index is 12.0. The lowest BCUT2D eigenvalue weighted by molar-refractivity contribution is -0.173. The zero-order chi connectivity index (χ0) is 16.8. The first kappa shape index (κ1) is 21.8. The Bertz CT molecular complexity index is 399. The van der Waals surface area contributed by atoms with Crippen molar-refractivity contribution in [2.24, 2.45) is 10.4 Å². The molecule has 1 N–H and O–H groups in total. The summed E-state index contributed by atoms with van der Waals surface area (Å²) in [5, 5.41) is 3.30. The molecular weight excluding hydrogens is 434 g/mol. The van der Waals surface area contributed by atoms with Crippen LogP contribution in [0.4, 0.5) is 13.2 Å². The quantitative estimate of drug-likeness (QED) is 0.282. The van der Waals surface area contributed by atoms with Crippen LogP contribution < -0.4 is 5.32 Å². The molecule has 0 bridgehead atoms. The number of guanidine groups is 1. The molecule has 2 rings (SSSR count). The van der Waals surface area contributed by atoms with Crippen LogP contribution in [0.25, 0.3) is 0 Å². The van der Waals surface area contributed by atoms with Crippen molar-refractivity contribution < 1.29 is 17.9 Å². The standard InChI is InChI=1S/C16H28F3N3O.HI/c1-2-20-14(21-9-5-11-23-13-16(17,18)19)22-10-8-15(12-22)6-3-4-7-15;/h2-13H2,1H3,(H,20,21);1H. The number of rotatable bonds is 6. The fourth-order valence-corrected chi connectivity index (χ4v) is 3.61. The van der Waals surface area contributed by atoms with Crippen LogP contribution in [0.15, 0.2) is 4.99 Å². The SMILES string of the molecule is CCNC(=NCCCOCC(F)(F)F)N1CCC2(CCCC2)C1.I. The second kappa shape index (κ2) is 10.0. The van der Waals surface area contributed by atoms with E-state index in [0.29, 0.717) is 18.4 Å². The Morgan fingerprint density at radius 2 is 1.96 bits per heavy atom. The van der Waals surface area contributed by atoms with Crippen molar-refractivity contribution in [3.05, 3.63) is 0 Å². The molecule has 142 valence electrons. The van der Waals surface area contributed by atoms with Crippen molar-refractivity contribution in [3.63, 3.8) is 0 Å². The number of hydrogen-bond donors (Lipinski definition) is 1. The molecular formula is C16H29F3IN3O. The first-order valence-electron chi connectivity index (χ1n) is 8.62. The number of likely N-dealkylation sites (tertiary alicyclic amines) is 1. The summed E-state index contributed by atoms with van der Waals surface area (Å²) in [5.41, 5.74) is 0.478. The van der Waals surface area contributed by atoms with Gasteiger partial charge in [0, 0.05) is 32.8 Å². The van der Waals surface area contributed by atoms with E-state index < -0.39 is 12.8 Å². The van der Waals surface area contributed by atoms with Gasteiger partial charge >= 0.3 is 6.18 Å². The van der Waals surface area contributed by atoms with Crippen molar-refractivity contribution in [1.82, 2.24) is 10.2 Å². The molecule has 1 heterocycles. The van der Waals surface area contributed by atoms with Gasteiger partial charge in [-0.25, -0.2) is 0 Å². The van der Waals surface area contributed by atoms with Gasteiger partial charge in [-0.2, -0.15) is 13.2 Å². The summed E-state index contributed by atoms with van der Waals surface area (Å²) >= 11 is 0. The van der Waals surface area contributed by atoms with E-state index in [1.54, 1.807) is 0 Å². The molecule has 24 heavy (non-hydrogen) atoms. The Morgan fingerprint density at radius 3 is 2.58 bits per heavy atom. The van der Waals surface area contributed by atoms with Crippen molar-refractivity contribution in [3.8, 4) is 0 Å². The summed E-state index contributed by atoms with van der Waals surface area (Å²) in [6.45, 7) is 4.32. The maximum Gasteiger partial charge on any atom is 0.411 e. The van der Waals surface area contributed by atoms with Crippen LogP contribution in [0.3, 0.4) is 0 Å². The summed E-state index contributed by atoms with van der Waals surface area (Å²) in [6, 6.07) is 0. The highest BCUT2D eigenvalue weighted by molar-refractivity contribution is 14.0. The highest BCUT2D eigenvalue weighted by Crippen LogP contribution is 2.45. The highest BCUT2D eigenvalue weighted by atomic mass is 127. The molecule has 0 aromatic carbocycles. The van der Waals surface area contributed by atoms with Gasteiger partial charge in [0.15, 0.2) is 5.96 Å². The largest absolute Gasteiger partial charge is 0.411 e. The Labute approximate surface area is 159 Å². The number of hydrogen-bond acceptors (Lipinski definition) is 2. The number of nitrogens with zero attached hydrogens (tertiary/aromatic N) is 2. The molecule has 1 saturated carbocycles. The molecule has 1 spiro atoms. The average Bonchev–Trinajstić information content (AvgIpc) is 3.11. The third kappa shape index (κ3) is 6.93. The van der Waals surface area contributed by atoms with E-state index in [2.05, 4.69) is 19.9 Å². The Balaban J connectivity index is 0.00000288. The third-order valence-electron chi connectivity index (χ3n) is 4.71. The molecule has 1 aliphatic carbocycles. The Hall–Kier alpha value is -0.250. The highest BCUT2D eigenvalue weighted by Gasteiger charge is 2.41. The van der Waals surface area contributed by atoms with E-state index in [1.165, 1.54) is 32.1 Å². The topological polar surface area (TPSA) is 36.9 Å². The Kier molecular flexibility index (Phi) is 9.11. The molecule has 0 aromatic heterocycles. The third-order valence-corrected chi connectivity index (χ3v) is 4.71. The van der Waals surface area contributed by atoms with Crippen LogP contribution in [0, 0.1) is 5.41 Å². The second-order valence-corrected chi connectivity index (χ2v) is 6.64. The molecule has 8 heteroatoms. The van der Waals surface area contributed by atoms with Crippen LogP contribution >= 0.6 is 24.0 Å². The van der Waals surface area contributed by atoms with E-state index in [9.17, 15) is 13.2 Å². The predicted octanol–water partition coefficient (Wildman–Crippen LogP) is 3.81. The monoisotopic (exact) mass is 463 g/mol. The van der Waals surface area contributed by atoms with E-state index in [4.69, 9.17) is 0 Å². The van der Waals surface area contributed by atoms with Crippen molar-refractivity contribution in [2.75, 3.05) is 39.4 Å². The molecule has 0 aromatic rings. The summed E-state index contributed by atoms with van der Waals surface area (Å²) in [6.07, 6.45) is 2.78. The minimum atomic E-state index is -4.25. The molecule has 2 fully saturated rings. The van der Waals surface area contributed by atoms with E-state index in [-0.39, 0.29) is 30.6 Å². The first-order chi connectivity index (χ1) is 10.9. The van der Waals surface area contributed by atoms with Gasteiger partial charge in [-0.3, -0.25) is 4.99 Å². The summed E-state index contributed by atoms with van der Waals surface area (Å²) in [7, 11) is 0. The number of ether oxygens (including phenoxy) is 1. The molecule has 0 amide bonds. The molecule has 1 saturated heterocycles. The van der Waals surface area contributed by atoms with Gasteiger partial charge < -0.3 is 15.0 Å². The van der Waals surface area contributed by atoms with Crippen LogP contribution in [0.5, 0.6) is 0 Å². The molecule has 0 unspecified atom stereocenters. The van der Waals surface area contributed by atoms with Gasteiger partial charge in [-0.1, -0.05) is 12.8 Å². The van der Waals surface area contributed by atoms with Gasteiger partial charge in [0.1, 0.15) is 6.61 Å². The molecule has 4 nitrogen and oxygen atoms in total. The normalized spacial score (nSPS) is 20.5. The van der Waals surface area contributed by atoms with E-state index in [1.807, 2.05) is 6.92 Å². The second-order valence-electron chi connectivity index (χ2n) is 6.64. The number of aliphatic imine (C=N–C) groups is 1. The van der Waals surface area contributed by atoms with Crippen LogP contribution in [0.2, 0.25) is 0 Å². The van der Waals surface area contributed by atoms with Crippen molar-refractivity contribution in [1.29, 1.82) is 0 Å². The average molecular weight is 463 g/mol. The fraction of sp³-hybridized carbons (Fsp3) is 0.938. The maximum absolute atomic E-state index is 12.0. The van der Waals surface area contributed by atoms with Gasteiger partial charge in [-0.15, -0.1) is 24.0 Å². The van der Waals surface area contributed by atoms with Gasteiger partial charge in [-0.05, 0) is 38.0 Å². The van der Waals surface area contributed by atoms with Crippen molar-refractivity contribution in [2.45, 2.75) is 51.6 Å². The lowest BCUT2D eigenvalue weighted by atomic mass is 9.86. The fourth-order valence-electron chi connectivity index (χ4n) is 3.61. The van der Waals surface area contributed by atoms with Crippen molar-refractivity contribution >= 4 is 29.9 Å². The summed E-state index contributed by atoms with van der Waals surface area (Å²) in [5.74, 6) is 0.895.